The molecule has 0 bridgehead atoms. The third-order valence-corrected chi connectivity index (χ3v) is 4.59. The zero-order valence-corrected chi connectivity index (χ0v) is 15.8. The van der Waals surface area contributed by atoms with Gasteiger partial charge in [-0.05, 0) is 36.8 Å². The fourth-order valence-corrected chi connectivity index (χ4v) is 3.14. The molecule has 0 atom stereocenters. The number of nitriles is 1. The lowest BCUT2D eigenvalue weighted by Gasteiger charge is -2.13. The van der Waals surface area contributed by atoms with Crippen LogP contribution in [0.3, 0.4) is 0 Å². The molecule has 0 spiro atoms. The number of rotatable bonds is 5. The van der Waals surface area contributed by atoms with E-state index in [4.69, 9.17) is 4.74 Å². The Labute approximate surface area is 170 Å². The van der Waals surface area contributed by atoms with Crippen LogP contribution in [0.4, 0.5) is 15.8 Å². The summed E-state index contributed by atoms with van der Waals surface area (Å²) in [6.07, 6.45) is 2.65. The van der Waals surface area contributed by atoms with E-state index >= 15 is 0 Å². The van der Waals surface area contributed by atoms with Gasteiger partial charge in [0.1, 0.15) is 23.4 Å². The zero-order valence-electron chi connectivity index (χ0n) is 15.8. The normalized spacial score (nSPS) is 10.6. The summed E-state index contributed by atoms with van der Waals surface area (Å²) in [5.74, 6) is -0.817. The number of benzene rings is 2. The van der Waals surface area contributed by atoms with Crippen molar-refractivity contribution in [3.8, 4) is 17.6 Å². The minimum Gasteiger partial charge on any atom is -0.478 e. The van der Waals surface area contributed by atoms with E-state index in [1.54, 1.807) is 25.1 Å². The van der Waals surface area contributed by atoms with Crippen LogP contribution >= 0.6 is 0 Å². The number of carbonyl (C=O) groups is 1. The highest BCUT2D eigenvalue weighted by atomic mass is 19.1. The molecule has 2 aromatic heterocycles. The van der Waals surface area contributed by atoms with Gasteiger partial charge in [0.25, 0.3) is 0 Å². The first kappa shape index (κ1) is 19.0. The van der Waals surface area contributed by atoms with Crippen molar-refractivity contribution in [3.63, 3.8) is 0 Å². The van der Waals surface area contributed by atoms with Gasteiger partial charge < -0.3 is 15.2 Å². The monoisotopic (exact) mass is 402 g/mol. The minimum absolute atomic E-state index is 0.0488. The van der Waals surface area contributed by atoms with Gasteiger partial charge in [0.15, 0.2) is 0 Å². The third-order valence-electron chi connectivity index (χ3n) is 4.59. The Morgan fingerprint density at radius 3 is 2.67 bits per heavy atom. The first-order valence-corrected chi connectivity index (χ1v) is 8.91. The van der Waals surface area contributed by atoms with Crippen LogP contribution in [-0.2, 0) is 0 Å². The summed E-state index contributed by atoms with van der Waals surface area (Å²) in [6, 6.07) is 15.3. The molecule has 8 heteroatoms. The lowest BCUT2D eigenvalue weighted by molar-refractivity contribution is 0.0696. The molecule has 2 aromatic carbocycles. The minimum atomic E-state index is -1.11. The van der Waals surface area contributed by atoms with Crippen LogP contribution in [-0.4, -0.2) is 20.7 Å². The SMILES string of the molecule is Cc1c(C(=O)O)cn2ncc(C#N)c(Nc3ccc(Oc4ccccc4)cc3F)c12. The average Bonchev–Trinajstić information content (AvgIpc) is 3.08. The van der Waals surface area contributed by atoms with Crippen molar-refractivity contribution in [1.29, 1.82) is 5.26 Å². The van der Waals surface area contributed by atoms with Gasteiger partial charge in [-0.1, -0.05) is 18.2 Å². The topological polar surface area (TPSA) is 99.6 Å². The Morgan fingerprint density at radius 2 is 2.00 bits per heavy atom. The number of nitrogens with one attached hydrogen (secondary N) is 1. The first-order valence-electron chi connectivity index (χ1n) is 8.91. The Balaban J connectivity index is 1.73. The van der Waals surface area contributed by atoms with Gasteiger partial charge in [0, 0.05) is 12.3 Å². The molecule has 0 unspecified atom stereocenters. The number of nitrogens with zero attached hydrogens (tertiary/aromatic N) is 3. The van der Waals surface area contributed by atoms with Crippen LogP contribution in [0, 0.1) is 24.1 Å². The molecule has 0 saturated heterocycles. The highest BCUT2D eigenvalue weighted by Crippen LogP contribution is 2.32. The van der Waals surface area contributed by atoms with Gasteiger partial charge in [-0.3, -0.25) is 0 Å². The van der Waals surface area contributed by atoms with Gasteiger partial charge in [-0.15, -0.1) is 0 Å². The fourth-order valence-electron chi connectivity index (χ4n) is 3.14. The predicted molar refractivity (Wildman–Crippen MR) is 108 cm³/mol. The molecule has 0 aliphatic heterocycles. The molecule has 4 aromatic rings. The summed E-state index contributed by atoms with van der Waals surface area (Å²) in [6.45, 7) is 1.61. The van der Waals surface area contributed by atoms with Crippen LogP contribution in [0.1, 0.15) is 21.5 Å². The van der Waals surface area contributed by atoms with Crippen molar-refractivity contribution in [2.24, 2.45) is 0 Å². The number of aryl methyl sites for hydroxylation is 1. The van der Waals surface area contributed by atoms with E-state index in [1.807, 2.05) is 24.3 Å². The largest absolute Gasteiger partial charge is 0.478 e. The fraction of sp³-hybridized carbons (Fsp3) is 0.0455. The Kier molecular flexibility index (Phi) is 4.78. The van der Waals surface area contributed by atoms with Gasteiger partial charge in [0.2, 0.25) is 0 Å². The van der Waals surface area contributed by atoms with Crippen molar-refractivity contribution in [3.05, 3.63) is 83.4 Å². The molecular formula is C22H15FN4O3. The number of para-hydroxylation sites is 1. The summed E-state index contributed by atoms with van der Waals surface area (Å²) < 4.78 is 21.7. The molecule has 0 saturated carbocycles. The standard InChI is InChI=1S/C22H15FN4O3/c1-13-17(22(28)29)12-27-21(13)20(14(10-24)11-25-27)26-19-8-7-16(9-18(19)23)30-15-5-3-2-4-6-15/h2-9,11-12,26H,1H3,(H,28,29). The molecule has 2 N–H and O–H groups in total. The summed E-state index contributed by atoms with van der Waals surface area (Å²) in [7, 11) is 0. The number of ether oxygens (including phenoxy) is 1. The number of hydrogen-bond acceptors (Lipinski definition) is 5. The van der Waals surface area contributed by atoms with Crippen LogP contribution in [0.2, 0.25) is 0 Å². The summed E-state index contributed by atoms with van der Waals surface area (Å²) >= 11 is 0. The van der Waals surface area contributed by atoms with E-state index < -0.39 is 11.8 Å². The van der Waals surface area contributed by atoms with E-state index in [0.717, 1.165) is 0 Å². The Hall–Kier alpha value is -4.38. The number of aromatic carboxylic acids is 1. The molecule has 148 valence electrons. The van der Waals surface area contributed by atoms with Crippen molar-refractivity contribution >= 4 is 22.9 Å². The number of halogens is 1. The molecule has 0 fully saturated rings. The zero-order chi connectivity index (χ0) is 21.3. The highest BCUT2D eigenvalue weighted by molar-refractivity contribution is 5.96. The number of carboxylic acids is 1. The van der Waals surface area contributed by atoms with E-state index in [1.165, 1.54) is 29.0 Å². The molecule has 30 heavy (non-hydrogen) atoms. The van der Waals surface area contributed by atoms with E-state index in [-0.39, 0.29) is 22.5 Å². The summed E-state index contributed by atoms with van der Waals surface area (Å²) in [5.41, 5.74) is 1.39. The second-order valence-corrected chi connectivity index (χ2v) is 6.49. The Morgan fingerprint density at radius 1 is 1.23 bits per heavy atom. The van der Waals surface area contributed by atoms with E-state index in [0.29, 0.717) is 22.6 Å². The molecule has 4 rings (SSSR count). The van der Waals surface area contributed by atoms with Crippen molar-refractivity contribution in [2.75, 3.05) is 5.32 Å². The second kappa shape index (κ2) is 7.56. The van der Waals surface area contributed by atoms with Crippen LogP contribution < -0.4 is 10.1 Å². The highest BCUT2D eigenvalue weighted by Gasteiger charge is 2.20. The maximum atomic E-state index is 14.8. The number of carboxylic acid groups (broad SMARTS) is 1. The maximum absolute atomic E-state index is 14.8. The van der Waals surface area contributed by atoms with E-state index in [2.05, 4.69) is 10.4 Å². The molecule has 0 aliphatic rings. The molecule has 0 aliphatic carbocycles. The third kappa shape index (κ3) is 3.40. The second-order valence-electron chi connectivity index (χ2n) is 6.49. The lowest BCUT2D eigenvalue weighted by Crippen LogP contribution is -2.02. The van der Waals surface area contributed by atoms with Crippen molar-refractivity contribution < 1.29 is 19.0 Å². The van der Waals surface area contributed by atoms with Gasteiger partial charge in [0.05, 0.1) is 34.2 Å². The van der Waals surface area contributed by atoms with Gasteiger partial charge in [-0.25, -0.2) is 13.7 Å². The van der Waals surface area contributed by atoms with E-state index in [9.17, 15) is 19.6 Å². The summed E-state index contributed by atoms with van der Waals surface area (Å²) in [4.78, 5) is 11.5. The average molecular weight is 402 g/mol. The molecule has 2 heterocycles. The number of anilines is 2. The smallest absolute Gasteiger partial charge is 0.337 e. The van der Waals surface area contributed by atoms with Crippen LogP contribution in [0.25, 0.3) is 5.52 Å². The Bertz CT molecular complexity index is 1310. The first-order chi connectivity index (χ1) is 14.5. The molecule has 0 amide bonds. The summed E-state index contributed by atoms with van der Waals surface area (Å²) in [5, 5.41) is 25.8. The lowest BCUT2D eigenvalue weighted by atomic mass is 10.1. The molecule has 7 nitrogen and oxygen atoms in total. The van der Waals surface area contributed by atoms with Crippen molar-refractivity contribution in [1.82, 2.24) is 9.61 Å². The number of aromatic nitrogens is 2. The number of fused-ring (bicyclic) bond motifs is 1. The van der Waals surface area contributed by atoms with Crippen molar-refractivity contribution in [2.45, 2.75) is 6.92 Å². The molecule has 0 radical (unpaired) electrons. The van der Waals surface area contributed by atoms with Crippen LogP contribution in [0.15, 0.2) is 60.9 Å². The molecular weight excluding hydrogens is 387 g/mol. The van der Waals surface area contributed by atoms with Gasteiger partial charge >= 0.3 is 5.97 Å². The number of hydrogen-bond donors (Lipinski definition) is 2. The quantitative estimate of drug-likeness (QED) is 0.493. The van der Waals surface area contributed by atoms with Crippen LogP contribution in [0.5, 0.6) is 11.5 Å². The maximum Gasteiger partial charge on any atom is 0.337 e. The van der Waals surface area contributed by atoms with Gasteiger partial charge in [-0.2, -0.15) is 10.4 Å². The predicted octanol–water partition coefficient (Wildman–Crippen LogP) is 4.89.